The predicted molar refractivity (Wildman–Crippen MR) is 164 cm³/mol. The maximum Gasteiger partial charge on any atom is 0.247 e. The van der Waals surface area contributed by atoms with Crippen LogP contribution in [-0.4, -0.2) is 62.3 Å². The Labute approximate surface area is 257 Å². The number of benzene rings is 2. The van der Waals surface area contributed by atoms with Crippen molar-refractivity contribution in [3.8, 4) is 5.75 Å². The molecular formula is C32H39Cl2N5O3. The van der Waals surface area contributed by atoms with Crippen molar-refractivity contribution in [2.24, 2.45) is 0 Å². The minimum atomic E-state index is -0.736. The minimum absolute atomic E-state index is 0.0486. The quantitative estimate of drug-likeness (QED) is 0.317. The Morgan fingerprint density at radius 2 is 1.60 bits per heavy atom. The molecule has 3 aromatic rings. The average molecular weight is 613 g/mol. The van der Waals surface area contributed by atoms with E-state index in [2.05, 4.69) is 43.2 Å². The van der Waals surface area contributed by atoms with Gasteiger partial charge in [-0.05, 0) is 73.9 Å². The van der Waals surface area contributed by atoms with Gasteiger partial charge < -0.3 is 14.5 Å². The fourth-order valence-electron chi connectivity index (χ4n) is 5.82. The Kier molecular flexibility index (Phi) is 8.59. The van der Waals surface area contributed by atoms with Crippen LogP contribution in [0.2, 0.25) is 10.0 Å². The molecule has 5 rings (SSSR count). The van der Waals surface area contributed by atoms with Gasteiger partial charge in [-0.1, -0.05) is 67.4 Å². The molecule has 42 heavy (non-hydrogen) atoms. The summed E-state index contributed by atoms with van der Waals surface area (Å²) >= 11 is 12.3. The highest BCUT2D eigenvalue weighted by molar-refractivity contribution is 6.42. The number of ether oxygens (including phenoxy) is 1. The first-order chi connectivity index (χ1) is 19.8. The van der Waals surface area contributed by atoms with Crippen LogP contribution < -0.4 is 4.74 Å². The number of carbonyl (C=O) groups excluding carboxylic acids is 2. The van der Waals surface area contributed by atoms with E-state index in [0.29, 0.717) is 41.8 Å². The van der Waals surface area contributed by atoms with Gasteiger partial charge in [0.15, 0.2) is 0 Å². The van der Waals surface area contributed by atoms with E-state index in [1.807, 2.05) is 48.0 Å². The second kappa shape index (κ2) is 11.9. The summed E-state index contributed by atoms with van der Waals surface area (Å²) in [4.78, 5) is 30.8. The summed E-state index contributed by atoms with van der Waals surface area (Å²) in [5.74, 6) is 0.879. The molecule has 224 valence electrons. The third-order valence-corrected chi connectivity index (χ3v) is 9.30. The molecule has 2 fully saturated rings. The van der Waals surface area contributed by atoms with E-state index in [4.69, 9.17) is 27.9 Å². The van der Waals surface area contributed by atoms with E-state index in [1.54, 1.807) is 16.8 Å². The fourth-order valence-corrected chi connectivity index (χ4v) is 6.12. The maximum atomic E-state index is 13.5. The van der Waals surface area contributed by atoms with Gasteiger partial charge in [-0.15, -0.1) is 5.10 Å². The highest BCUT2D eigenvalue weighted by atomic mass is 35.5. The lowest BCUT2D eigenvalue weighted by molar-refractivity contribution is -0.139. The van der Waals surface area contributed by atoms with Crippen LogP contribution in [-0.2, 0) is 27.0 Å². The smallest absolute Gasteiger partial charge is 0.247 e. The Morgan fingerprint density at radius 3 is 2.24 bits per heavy atom. The zero-order valence-electron chi connectivity index (χ0n) is 24.9. The van der Waals surface area contributed by atoms with Crippen LogP contribution in [0, 0.1) is 0 Å². The van der Waals surface area contributed by atoms with Gasteiger partial charge in [0.2, 0.25) is 11.8 Å². The molecule has 2 saturated heterocycles. The normalized spacial score (nSPS) is 18.5. The number of rotatable bonds is 7. The van der Waals surface area contributed by atoms with Gasteiger partial charge in [0.1, 0.15) is 24.1 Å². The van der Waals surface area contributed by atoms with Gasteiger partial charge in [0.25, 0.3) is 0 Å². The number of likely N-dealkylation sites (tertiary alicyclic amines) is 2. The first-order valence-electron chi connectivity index (χ1n) is 14.5. The summed E-state index contributed by atoms with van der Waals surface area (Å²) in [5.41, 5.74) is 2.10. The molecule has 1 unspecified atom stereocenters. The number of aromatic nitrogens is 3. The number of hydrogen-bond acceptors (Lipinski definition) is 5. The third-order valence-electron chi connectivity index (χ3n) is 8.56. The molecule has 2 aliphatic heterocycles. The first-order valence-corrected chi connectivity index (χ1v) is 15.3. The van der Waals surface area contributed by atoms with E-state index < -0.39 is 5.41 Å². The number of amides is 2. The van der Waals surface area contributed by atoms with E-state index in [0.717, 1.165) is 24.2 Å². The number of carbonyl (C=O) groups is 2. The first kappa shape index (κ1) is 30.4. The fraction of sp³-hybridized carbons (Fsp3) is 0.500. The number of hydrogen-bond donors (Lipinski definition) is 0. The summed E-state index contributed by atoms with van der Waals surface area (Å²) in [5, 5.41) is 9.41. The molecule has 0 spiro atoms. The molecule has 10 heteroatoms. The van der Waals surface area contributed by atoms with Crippen LogP contribution in [0.5, 0.6) is 5.75 Å². The van der Waals surface area contributed by atoms with Crippen LogP contribution in [0.4, 0.5) is 0 Å². The van der Waals surface area contributed by atoms with Crippen molar-refractivity contribution in [1.82, 2.24) is 24.8 Å². The van der Waals surface area contributed by atoms with Gasteiger partial charge in [-0.3, -0.25) is 9.59 Å². The van der Waals surface area contributed by atoms with Crippen LogP contribution in [0.25, 0.3) is 0 Å². The Balaban J connectivity index is 1.14. The van der Waals surface area contributed by atoms with Crippen molar-refractivity contribution in [1.29, 1.82) is 0 Å². The second-order valence-electron chi connectivity index (χ2n) is 12.9. The van der Waals surface area contributed by atoms with Crippen molar-refractivity contribution in [3.63, 3.8) is 0 Å². The van der Waals surface area contributed by atoms with Gasteiger partial charge in [-0.25, -0.2) is 4.68 Å². The predicted octanol–water partition coefficient (Wildman–Crippen LogP) is 6.20. The third kappa shape index (κ3) is 6.30. The summed E-state index contributed by atoms with van der Waals surface area (Å²) in [6.07, 6.45) is 3.97. The molecule has 0 bridgehead atoms. The SMILES string of the molecule is CC(C)(C)c1ccc(OCc2cn(C3CCN(C4CCN(C(=O)C(C)(C)c5ccc(Cl)c(Cl)c5)CC4)C3=O)nn2)cc1. The standard InChI is InChI=1S/C32H39Cl2N5O3/c1-31(2,3)21-6-9-25(10-7-21)42-20-23-19-39(36-35-23)28-14-17-38(29(28)40)24-12-15-37(16-13-24)30(41)32(4,5)22-8-11-26(33)27(34)18-22/h6-11,18-19,24,28H,12-17,20H2,1-5H3. The Hall–Kier alpha value is -3.10. The van der Waals surface area contributed by atoms with Gasteiger partial charge in [-0.2, -0.15) is 0 Å². The molecular weight excluding hydrogens is 573 g/mol. The number of halogens is 2. The van der Waals surface area contributed by atoms with Crippen molar-refractivity contribution in [2.75, 3.05) is 19.6 Å². The largest absolute Gasteiger partial charge is 0.487 e. The van der Waals surface area contributed by atoms with Crippen molar-refractivity contribution in [2.45, 2.75) is 83.4 Å². The summed E-state index contributed by atoms with van der Waals surface area (Å²) in [6.45, 7) is 12.5. The summed E-state index contributed by atoms with van der Waals surface area (Å²) < 4.78 is 7.58. The summed E-state index contributed by atoms with van der Waals surface area (Å²) in [7, 11) is 0. The van der Waals surface area contributed by atoms with Crippen LogP contribution in [0.1, 0.15) is 76.7 Å². The van der Waals surface area contributed by atoms with E-state index in [9.17, 15) is 9.59 Å². The van der Waals surface area contributed by atoms with Crippen LogP contribution in [0.3, 0.4) is 0 Å². The lowest BCUT2D eigenvalue weighted by Gasteiger charge is -2.40. The highest BCUT2D eigenvalue weighted by Gasteiger charge is 2.41. The Bertz CT molecular complexity index is 1440. The molecule has 3 heterocycles. The monoisotopic (exact) mass is 611 g/mol. The van der Waals surface area contributed by atoms with E-state index >= 15 is 0 Å². The molecule has 2 aliphatic rings. The molecule has 8 nitrogen and oxygen atoms in total. The summed E-state index contributed by atoms with van der Waals surface area (Å²) in [6, 6.07) is 13.2. The minimum Gasteiger partial charge on any atom is -0.487 e. The molecule has 1 atom stereocenters. The number of piperidine rings is 1. The zero-order chi connectivity index (χ0) is 30.2. The van der Waals surface area contributed by atoms with Crippen LogP contribution in [0.15, 0.2) is 48.7 Å². The van der Waals surface area contributed by atoms with Crippen molar-refractivity contribution < 1.29 is 14.3 Å². The molecule has 0 saturated carbocycles. The van der Waals surface area contributed by atoms with E-state index in [-0.39, 0.29) is 35.9 Å². The van der Waals surface area contributed by atoms with Gasteiger partial charge >= 0.3 is 0 Å². The van der Waals surface area contributed by atoms with Crippen LogP contribution >= 0.6 is 23.2 Å². The average Bonchev–Trinajstić information content (AvgIpc) is 3.59. The molecule has 1 aromatic heterocycles. The maximum absolute atomic E-state index is 13.5. The lowest BCUT2D eigenvalue weighted by atomic mass is 9.82. The Morgan fingerprint density at radius 1 is 0.929 bits per heavy atom. The molecule has 0 N–H and O–H groups in total. The van der Waals surface area contributed by atoms with Gasteiger partial charge in [0.05, 0.1) is 21.7 Å². The number of nitrogens with zero attached hydrogens (tertiary/aromatic N) is 5. The van der Waals surface area contributed by atoms with E-state index in [1.165, 1.54) is 5.56 Å². The topological polar surface area (TPSA) is 80.6 Å². The zero-order valence-corrected chi connectivity index (χ0v) is 26.5. The second-order valence-corrected chi connectivity index (χ2v) is 13.7. The van der Waals surface area contributed by atoms with Crippen molar-refractivity contribution in [3.05, 3.63) is 75.5 Å². The molecule has 2 aromatic carbocycles. The molecule has 0 radical (unpaired) electrons. The lowest BCUT2D eigenvalue weighted by Crippen LogP contribution is -2.51. The molecule has 0 aliphatic carbocycles. The van der Waals surface area contributed by atoms with Crippen molar-refractivity contribution >= 4 is 35.0 Å². The highest BCUT2D eigenvalue weighted by Crippen LogP contribution is 2.34. The molecule has 2 amide bonds. The van der Waals surface area contributed by atoms with Gasteiger partial charge in [0, 0.05) is 25.7 Å².